The van der Waals surface area contributed by atoms with E-state index in [-0.39, 0.29) is 12.4 Å². The van der Waals surface area contributed by atoms with Crippen LogP contribution >= 0.6 is 12.2 Å². The fraction of sp³-hybridized carbons (Fsp3) is 0.118. The van der Waals surface area contributed by atoms with Crippen LogP contribution in [0.4, 0.5) is 4.39 Å². The van der Waals surface area contributed by atoms with Gasteiger partial charge in [-0.3, -0.25) is 5.43 Å². The van der Waals surface area contributed by atoms with Crippen LogP contribution in [0, 0.1) is 17.1 Å². The van der Waals surface area contributed by atoms with Crippen LogP contribution in [0.15, 0.2) is 53.6 Å². The first-order chi connectivity index (χ1) is 11.7. The maximum absolute atomic E-state index is 12.8. The molecule has 24 heavy (non-hydrogen) atoms. The Bertz CT molecular complexity index is 739. The van der Waals surface area contributed by atoms with E-state index in [1.165, 1.54) is 12.1 Å². The molecule has 0 fully saturated rings. The van der Waals surface area contributed by atoms with E-state index in [0.29, 0.717) is 17.4 Å². The largest absolute Gasteiger partial charge is 0.479 e. The van der Waals surface area contributed by atoms with Crippen LogP contribution in [0.25, 0.3) is 0 Å². The Morgan fingerprint density at radius 1 is 1.21 bits per heavy atom. The molecule has 2 rings (SSSR count). The summed E-state index contributed by atoms with van der Waals surface area (Å²) >= 11 is 5.10. The zero-order valence-corrected chi connectivity index (χ0v) is 13.5. The van der Waals surface area contributed by atoms with Crippen LogP contribution in [-0.4, -0.2) is 17.9 Å². The van der Waals surface area contributed by atoms with Crippen molar-refractivity contribution in [1.29, 1.82) is 5.26 Å². The molecule has 0 aromatic heterocycles. The molecular weight excluding hydrogens is 327 g/mol. The minimum Gasteiger partial charge on any atom is -0.479 e. The molecule has 0 bridgehead atoms. The Hall–Kier alpha value is -2.98. The van der Waals surface area contributed by atoms with Gasteiger partial charge in [-0.2, -0.15) is 10.4 Å². The molecule has 0 unspecified atom stereocenters. The molecule has 0 aliphatic carbocycles. The Kier molecular flexibility index (Phi) is 6.68. The maximum atomic E-state index is 12.8. The van der Waals surface area contributed by atoms with Crippen molar-refractivity contribution >= 4 is 23.5 Å². The lowest BCUT2D eigenvalue weighted by Gasteiger charge is -2.07. The summed E-state index contributed by atoms with van der Waals surface area (Å²) in [6.45, 7) is 0.496. The predicted molar refractivity (Wildman–Crippen MR) is 94.1 cm³/mol. The third-order valence-electron chi connectivity index (χ3n) is 2.93. The molecule has 7 heteroatoms. The van der Waals surface area contributed by atoms with Crippen LogP contribution in [0.3, 0.4) is 0 Å². The van der Waals surface area contributed by atoms with Crippen molar-refractivity contribution in [3.63, 3.8) is 0 Å². The monoisotopic (exact) mass is 342 g/mol. The van der Waals surface area contributed by atoms with Crippen molar-refractivity contribution in [2.45, 2.75) is 6.54 Å². The molecule has 0 spiro atoms. The summed E-state index contributed by atoms with van der Waals surface area (Å²) in [5.41, 5.74) is 4.47. The molecule has 2 N–H and O–H groups in total. The van der Waals surface area contributed by atoms with Gasteiger partial charge in [-0.1, -0.05) is 12.1 Å². The number of hydrogen-bond donors (Lipinski definition) is 2. The molecule has 2 aromatic carbocycles. The number of hydrogen-bond acceptors (Lipinski definition) is 4. The molecule has 5 nitrogen and oxygen atoms in total. The van der Waals surface area contributed by atoms with E-state index >= 15 is 0 Å². The van der Waals surface area contributed by atoms with Gasteiger partial charge in [0.25, 0.3) is 0 Å². The Balaban J connectivity index is 1.75. The van der Waals surface area contributed by atoms with Gasteiger partial charge in [0, 0.05) is 6.54 Å². The first kappa shape index (κ1) is 17.4. The van der Waals surface area contributed by atoms with Crippen LogP contribution in [-0.2, 0) is 6.54 Å². The van der Waals surface area contributed by atoms with Crippen molar-refractivity contribution in [1.82, 2.24) is 10.7 Å². The van der Waals surface area contributed by atoms with Gasteiger partial charge >= 0.3 is 0 Å². The maximum Gasteiger partial charge on any atom is 0.187 e. The lowest BCUT2D eigenvalue weighted by molar-refractivity contribution is 0.368. The van der Waals surface area contributed by atoms with Crippen molar-refractivity contribution < 1.29 is 9.13 Å². The second-order valence-electron chi connectivity index (χ2n) is 4.69. The topological polar surface area (TPSA) is 69.4 Å². The number of benzene rings is 2. The fourth-order valence-corrected chi connectivity index (χ4v) is 1.88. The summed E-state index contributed by atoms with van der Waals surface area (Å²) in [4.78, 5) is 0. The van der Waals surface area contributed by atoms with Gasteiger partial charge in [-0.15, -0.1) is 0 Å². The molecule has 0 saturated heterocycles. The summed E-state index contributed by atoms with van der Waals surface area (Å²) < 4.78 is 18.0. The Morgan fingerprint density at radius 2 is 1.92 bits per heavy atom. The third kappa shape index (κ3) is 6.02. The van der Waals surface area contributed by atoms with Crippen molar-refractivity contribution in [2.75, 3.05) is 6.61 Å². The van der Waals surface area contributed by atoms with Crippen LogP contribution in [0.2, 0.25) is 0 Å². The van der Waals surface area contributed by atoms with Crippen molar-refractivity contribution in [3.8, 4) is 11.8 Å². The van der Waals surface area contributed by atoms with E-state index in [1.807, 2.05) is 18.2 Å². The third-order valence-corrected chi connectivity index (χ3v) is 3.17. The number of nitrogens with one attached hydrogen (secondary N) is 2. The highest BCUT2D eigenvalue weighted by Crippen LogP contribution is 2.10. The van der Waals surface area contributed by atoms with Crippen LogP contribution in [0.1, 0.15) is 11.1 Å². The Morgan fingerprint density at radius 3 is 2.58 bits per heavy atom. The minimum atomic E-state index is -0.270. The summed E-state index contributed by atoms with van der Waals surface area (Å²) in [5, 5.41) is 15.8. The van der Waals surface area contributed by atoms with E-state index in [9.17, 15) is 4.39 Å². The molecule has 0 atom stereocenters. The normalized spacial score (nSPS) is 10.2. The Labute approximate surface area is 144 Å². The molecular formula is C17H15FN4OS. The number of thiocarbonyl (C=S) groups is 1. The van der Waals surface area contributed by atoms with E-state index in [0.717, 1.165) is 11.1 Å². The molecule has 0 amide bonds. The first-order valence-corrected chi connectivity index (χ1v) is 7.49. The van der Waals surface area contributed by atoms with Gasteiger partial charge < -0.3 is 10.1 Å². The van der Waals surface area contributed by atoms with Crippen molar-refractivity contribution in [2.24, 2.45) is 5.10 Å². The van der Waals surface area contributed by atoms with Crippen LogP contribution < -0.4 is 15.5 Å². The van der Waals surface area contributed by atoms with Gasteiger partial charge in [0.2, 0.25) is 0 Å². The number of nitriles is 1. The highest BCUT2D eigenvalue weighted by molar-refractivity contribution is 7.80. The minimum absolute atomic E-state index is 0.0169. The van der Waals surface area contributed by atoms with E-state index in [2.05, 4.69) is 15.8 Å². The average Bonchev–Trinajstić information content (AvgIpc) is 2.60. The lowest BCUT2D eigenvalue weighted by atomic mass is 10.2. The summed E-state index contributed by atoms with van der Waals surface area (Å²) in [7, 11) is 0. The molecule has 0 aliphatic heterocycles. The summed E-state index contributed by atoms with van der Waals surface area (Å²) in [6, 6.07) is 15.2. The number of ether oxygens (including phenoxy) is 1. The first-order valence-electron chi connectivity index (χ1n) is 7.08. The van der Waals surface area contributed by atoms with E-state index < -0.39 is 0 Å². The van der Waals surface area contributed by atoms with Gasteiger partial charge in [-0.05, 0) is 59.7 Å². The van der Waals surface area contributed by atoms with E-state index in [4.69, 9.17) is 22.2 Å². The molecule has 0 radical (unpaired) electrons. The number of nitrogens with zero attached hydrogens (tertiary/aromatic N) is 2. The quantitative estimate of drug-likeness (QED) is 0.480. The SMILES string of the molecule is N#CCOc1ccc(/C=N\NC(=S)NCc2ccc(F)cc2)cc1. The average molecular weight is 342 g/mol. The smallest absolute Gasteiger partial charge is 0.187 e. The standard InChI is InChI=1S/C17H15FN4OS/c18-15-5-1-13(2-6-15)11-20-17(24)22-21-12-14-3-7-16(8-4-14)23-10-9-19/h1-8,12H,10-11H2,(H2,20,22,24)/b21-12-. The van der Waals surface area contributed by atoms with Gasteiger partial charge in [-0.25, -0.2) is 4.39 Å². The van der Waals surface area contributed by atoms with Gasteiger partial charge in [0.15, 0.2) is 11.7 Å². The van der Waals surface area contributed by atoms with Crippen molar-refractivity contribution in [3.05, 3.63) is 65.5 Å². The summed E-state index contributed by atoms with van der Waals surface area (Å²) in [6.07, 6.45) is 1.61. The number of rotatable bonds is 6. The van der Waals surface area contributed by atoms with E-state index in [1.54, 1.807) is 30.5 Å². The fourth-order valence-electron chi connectivity index (χ4n) is 1.76. The second-order valence-corrected chi connectivity index (χ2v) is 5.10. The molecule has 122 valence electrons. The van der Waals surface area contributed by atoms with Crippen LogP contribution in [0.5, 0.6) is 5.75 Å². The lowest BCUT2D eigenvalue weighted by Crippen LogP contribution is -2.31. The predicted octanol–water partition coefficient (Wildman–Crippen LogP) is 2.73. The number of hydrazone groups is 1. The molecule has 0 aliphatic rings. The molecule has 0 heterocycles. The number of halogens is 1. The molecule has 2 aromatic rings. The zero-order chi connectivity index (χ0) is 17.2. The summed E-state index contributed by atoms with van der Waals surface area (Å²) in [5.74, 6) is 0.353. The highest BCUT2D eigenvalue weighted by Gasteiger charge is 1.97. The van der Waals surface area contributed by atoms with Gasteiger partial charge in [0.1, 0.15) is 17.6 Å². The zero-order valence-electron chi connectivity index (χ0n) is 12.7. The molecule has 0 saturated carbocycles. The second kappa shape index (κ2) is 9.22. The highest BCUT2D eigenvalue weighted by atomic mass is 32.1. The van der Waals surface area contributed by atoms with Gasteiger partial charge in [0.05, 0.1) is 6.21 Å².